The SMILES string of the molecule is [2H]c1c([2H])c([2H])c(-c2c3ccccc3c(-c3cccc4ccccc34)c3ccccc23)c(-c2c([2H])c([2H])c3c([2H])c([2H])c([2H])c([2H])c3c2[2H])c1[2H]. The van der Waals surface area contributed by atoms with Gasteiger partial charge in [0, 0.05) is 0 Å². The number of hydrogen-bond donors (Lipinski definition) is 0. The van der Waals surface area contributed by atoms with Gasteiger partial charge in [-0.05, 0) is 82.5 Å². The summed E-state index contributed by atoms with van der Waals surface area (Å²) < 4.78 is 97.0. The van der Waals surface area contributed by atoms with Crippen molar-refractivity contribution >= 4 is 43.1 Å². The molecule has 0 spiro atoms. The maximum absolute atomic E-state index is 9.35. The summed E-state index contributed by atoms with van der Waals surface area (Å²) in [5.41, 5.74) is 1.89. The van der Waals surface area contributed by atoms with E-state index in [0.717, 1.165) is 32.7 Å². The van der Waals surface area contributed by atoms with Crippen LogP contribution < -0.4 is 0 Å². The second-order valence-corrected chi connectivity index (χ2v) is 9.62. The lowest BCUT2D eigenvalue weighted by molar-refractivity contribution is 1.62. The van der Waals surface area contributed by atoms with Crippen LogP contribution in [-0.2, 0) is 0 Å². The quantitative estimate of drug-likeness (QED) is 0.204. The van der Waals surface area contributed by atoms with Crippen LogP contribution in [0.5, 0.6) is 0 Å². The highest BCUT2D eigenvalue weighted by atomic mass is 14.2. The average molecular weight is 518 g/mol. The van der Waals surface area contributed by atoms with Crippen LogP contribution in [0.1, 0.15) is 15.1 Å². The minimum absolute atomic E-state index is 0.0273. The molecule has 8 rings (SSSR count). The smallest absolute Gasteiger partial charge is 0.0616 e. The topological polar surface area (TPSA) is 0 Å². The van der Waals surface area contributed by atoms with Crippen molar-refractivity contribution < 1.29 is 15.1 Å². The van der Waals surface area contributed by atoms with Crippen LogP contribution >= 0.6 is 0 Å². The lowest BCUT2D eigenvalue weighted by Crippen LogP contribution is -1.93. The number of fused-ring (bicyclic) bond motifs is 4. The van der Waals surface area contributed by atoms with Crippen LogP contribution in [0, 0.1) is 0 Å². The van der Waals surface area contributed by atoms with Gasteiger partial charge in [-0.3, -0.25) is 0 Å². The molecule has 0 nitrogen and oxygen atoms in total. The van der Waals surface area contributed by atoms with Crippen molar-refractivity contribution in [1.82, 2.24) is 0 Å². The highest BCUT2D eigenvalue weighted by Crippen LogP contribution is 2.47. The molecule has 0 atom stereocenters. The Labute approximate surface area is 249 Å². The lowest BCUT2D eigenvalue weighted by Gasteiger charge is -2.20. The summed E-state index contributed by atoms with van der Waals surface area (Å²) in [6.45, 7) is 0. The van der Waals surface area contributed by atoms with E-state index in [-0.39, 0.29) is 27.5 Å². The van der Waals surface area contributed by atoms with Crippen molar-refractivity contribution in [3.63, 3.8) is 0 Å². The van der Waals surface area contributed by atoms with Crippen LogP contribution in [0.25, 0.3) is 76.5 Å². The first kappa shape index (κ1) is 14.3. The normalized spacial score (nSPS) is 15.3. The molecule has 8 aromatic carbocycles. The molecular weight excluding hydrogens is 480 g/mol. The van der Waals surface area contributed by atoms with Crippen molar-refractivity contribution in [2.75, 3.05) is 0 Å². The van der Waals surface area contributed by atoms with E-state index in [4.69, 9.17) is 11.0 Å². The molecule has 0 aliphatic carbocycles. The van der Waals surface area contributed by atoms with Crippen LogP contribution in [0.2, 0.25) is 0 Å². The molecule has 8 aromatic rings. The molecule has 0 saturated carbocycles. The molecule has 0 N–H and O–H groups in total. The number of hydrogen-bond acceptors (Lipinski definition) is 0. The Bertz CT molecular complexity index is 2760. The molecule has 0 heteroatoms. The van der Waals surface area contributed by atoms with E-state index in [1.165, 1.54) is 0 Å². The van der Waals surface area contributed by atoms with Crippen LogP contribution in [0.3, 0.4) is 0 Å². The Balaban J connectivity index is 1.60. The van der Waals surface area contributed by atoms with Gasteiger partial charge in [-0.1, -0.05) is 151 Å². The van der Waals surface area contributed by atoms with Gasteiger partial charge in [-0.15, -0.1) is 0 Å². The first-order valence-electron chi connectivity index (χ1n) is 18.5. The summed E-state index contributed by atoms with van der Waals surface area (Å²) >= 11 is 0. The summed E-state index contributed by atoms with van der Waals surface area (Å²) in [6.07, 6.45) is 0. The number of benzene rings is 8. The van der Waals surface area contributed by atoms with E-state index >= 15 is 0 Å². The molecule has 0 radical (unpaired) electrons. The molecule has 0 saturated heterocycles. The Hall–Kier alpha value is -5.20. The molecule has 0 aliphatic rings. The van der Waals surface area contributed by atoms with Gasteiger partial charge in [0.25, 0.3) is 0 Å². The zero-order valence-corrected chi connectivity index (χ0v) is 21.2. The highest BCUT2D eigenvalue weighted by molar-refractivity contribution is 6.24. The Kier molecular flexibility index (Phi) is 3.29. The zero-order valence-electron chi connectivity index (χ0n) is 32.2. The first-order valence-corrected chi connectivity index (χ1v) is 13.0. The van der Waals surface area contributed by atoms with Crippen LogP contribution in [0.15, 0.2) is 157 Å². The summed E-state index contributed by atoms with van der Waals surface area (Å²) in [5, 5.41) is 4.45. The van der Waals surface area contributed by atoms with Gasteiger partial charge < -0.3 is 0 Å². The van der Waals surface area contributed by atoms with Crippen molar-refractivity contribution in [3.05, 3.63) is 157 Å². The standard InChI is InChI=1S/C40H26/c1-2-14-29-26-30(25-24-27(29)12-1)32-17-5-6-18-33(32)39-35-19-7-9-21-37(35)40(38-22-10-8-20-36(38)39)34-23-11-15-28-13-3-4-16-31(28)34/h1-26H/i1D,2D,5D,6D,12D,14D,17D,18D,24D,25D,26D. The Morgan fingerprint density at radius 2 is 0.875 bits per heavy atom. The molecule has 0 unspecified atom stereocenters. The van der Waals surface area contributed by atoms with Crippen LogP contribution in [-0.4, -0.2) is 0 Å². The summed E-state index contributed by atoms with van der Waals surface area (Å²) in [6, 6.07) is 23.3. The van der Waals surface area contributed by atoms with Crippen molar-refractivity contribution in [2.24, 2.45) is 0 Å². The van der Waals surface area contributed by atoms with Crippen molar-refractivity contribution in [3.8, 4) is 33.4 Å². The molecular formula is C40H26. The monoisotopic (exact) mass is 517 g/mol. The predicted molar refractivity (Wildman–Crippen MR) is 173 cm³/mol. The maximum atomic E-state index is 9.35. The molecule has 0 heterocycles. The van der Waals surface area contributed by atoms with E-state index in [0.29, 0.717) is 16.3 Å². The summed E-state index contributed by atoms with van der Waals surface area (Å²) in [4.78, 5) is 0. The molecule has 40 heavy (non-hydrogen) atoms. The van der Waals surface area contributed by atoms with Crippen LogP contribution in [0.4, 0.5) is 0 Å². The third-order valence-electron chi connectivity index (χ3n) is 7.43. The molecule has 0 aromatic heterocycles. The summed E-state index contributed by atoms with van der Waals surface area (Å²) in [7, 11) is 0. The van der Waals surface area contributed by atoms with Gasteiger partial charge >= 0.3 is 0 Å². The van der Waals surface area contributed by atoms with E-state index < -0.39 is 66.5 Å². The fourth-order valence-electron chi connectivity index (χ4n) is 5.73. The lowest BCUT2D eigenvalue weighted by atomic mass is 9.83. The van der Waals surface area contributed by atoms with E-state index in [1.54, 1.807) is 0 Å². The molecule has 0 bridgehead atoms. The number of rotatable bonds is 3. The van der Waals surface area contributed by atoms with Gasteiger partial charge in [-0.25, -0.2) is 0 Å². The van der Waals surface area contributed by atoms with Crippen molar-refractivity contribution in [2.45, 2.75) is 0 Å². The predicted octanol–water partition coefficient (Wildman–Crippen LogP) is 11.3. The van der Waals surface area contributed by atoms with Gasteiger partial charge in [0.05, 0.1) is 15.1 Å². The second-order valence-electron chi connectivity index (χ2n) is 9.62. The molecule has 0 fully saturated rings. The fourth-order valence-corrected chi connectivity index (χ4v) is 5.73. The fraction of sp³-hybridized carbons (Fsp3) is 0. The van der Waals surface area contributed by atoms with Crippen molar-refractivity contribution in [1.29, 1.82) is 0 Å². The highest BCUT2D eigenvalue weighted by Gasteiger charge is 2.19. The molecule has 186 valence electrons. The van der Waals surface area contributed by atoms with Gasteiger partial charge in [-0.2, -0.15) is 0 Å². The largest absolute Gasteiger partial charge is 0.0636 e. The van der Waals surface area contributed by atoms with E-state index in [1.807, 2.05) is 78.9 Å². The maximum Gasteiger partial charge on any atom is 0.0636 e. The average Bonchev–Trinajstić information content (AvgIpc) is 3.15. The Morgan fingerprint density at radius 3 is 1.57 bits per heavy atom. The first-order chi connectivity index (χ1) is 24.5. The second kappa shape index (κ2) is 9.22. The van der Waals surface area contributed by atoms with E-state index in [9.17, 15) is 4.11 Å². The van der Waals surface area contributed by atoms with E-state index in [2.05, 4.69) is 12.1 Å². The molecule has 0 aliphatic heterocycles. The minimum atomic E-state index is -0.611. The molecule has 0 amide bonds. The third kappa shape index (κ3) is 3.54. The Morgan fingerprint density at radius 1 is 0.350 bits per heavy atom. The van der Waals surface area contributed by atoms with Gasteiger partial charge in [0.1, 0.15) is 0 Å². The minimum Gasteiger partial charge on any atom is -0.0616 e. The summed E-state index contributed by atoms with van der Waals surface area (Å²) in [5.74, 6) is 0. The zero-order chi connectivity index (χ0) is 36.0. The van der Waals surface area contributed by atoms with Gasteiger partial charge in [0.15, 0.2) is 0 Å². The third-order valence-corrected chi connectivity index (χ3v) is 7.43. The van der Waals surface area contributed by atoms with Gasteiger partial charge in [0.2, 0.25) is 0 Å².